The molecule has 1 amide bonds. The second kappa shape index (κ2) is 6.74. The van der Waals surface area contributed by atoms with Crippen LogP contribution in [0, 0.1) is 0 Å². The average molecular weight is 368 g/mol. The number of aliphatic imine (C=N–C) groups is 1. The largest absolute Gasteiger partial charge is 0.506 e. The Hall–Kier alpha value is -1.85. The van der Waals surface area contributed by atoms with Gasteiger partial charge < -0.3 is 10.4 Å². The van der Waals surface area contributed by atoms with Gasteiger partial charge in [-0.2, -0.15) is 0 Å². The van der Waals surface area contributed by atoms with E-state index in [1.165, 1.54) is 13.1 Å². The summed E-state index contributed by atoms with van der Waals surface area (Å²) < 4.78 is 0.749. The first kappa shape index (κ1) is 15.5. The van der Waals surface area contributed by atoms with Crippen LogP contribution in [0.15, 0.2) is 45.9 Å². The standard InChI is InChI=1S/C15H12BrClN2O2/c1-9(20)19-13-4-2-3-12(7-13)18-8-10-5-11(16)6-14(17)15(10)21/h2-8,21H,1H3,(H,19,20). The van der Waals surface area contributed by atoms with Crippen LogP contribution in [0.1, 0.15) is 12.5 Å². The van der Waals surface area contributed by atoms with Crippen molar-refractivity contribution in [1.29, 1.82) is 0 Å². The summed E-state index contributed by atoms with van der Waals surface area (Å²) in [6.45, 7) is 1.44. The van der Waals surface area contributed by atoms with E-state index < -0.39 is 0 Å². The number of carbonyl (C=O) groups is 1. The minimum Gasteiger partial charge on any atom is -0.506 e. The highest BCUT2D eigenvalue weighted by atomic mass is 79.9. The number of hydrogen-bond donors (Lipinski definition) is 2. The quantitative estimate of drug-likeness (QED) is 0.784. The van der Waals surface area contributed by atoms with E-state index in [0.29, 0.717) is 16.9 Å². The summed E-state index contributed by atoms with van der Waals surface area (Å²) in [5, 5.41) is 12.8. The summed E-state index contributed by atoms with van der Waals surface area (Å²) in [4.78, 5) is 15.3. The maximum absolute atomic E-state index is 11.0. The predicted octanol–water partition coefficient (Wildman–Crippen LogP) is 4.52. The summed E-state index contributed by atoms with van der Waals surface area (Å²) in [5.41, 5.74) is 1.81. The van der Waals surface area contributed by atoms with E-state index in [4.69, 9.17) is 11.6 Å². The number of hydrogen-bond acceptors (Lipinski definition) is 3. The molecule has 0 aromatic heterocycles. The molecular formula is C15H12BrClN2O2. The third-order valence-corrected chi connectivity index (χ3v) is 3.32. The Balaban J connectivity index is 2.27. The maximum Gasteiger partial charge on any atom is 0.221 e. The Labute approximate surface area is 135 Å². The van der Waals surface area contributed by atoms with Crippen molar-refractivity contribution in [2.75, 3.05) is 5.32 Å². The summed E-state index contributed by atoms with van der Waals surface area (Å²) >= 11 is 9.20. The van der Waals surface area contributed by atoms with Crippen molar-refractivity contribution < 1.29 is 9.90 Å². The molecule has 0 atom stereocenters. The highest BCUT2D eigenvalue weighted by molar-refractivity contribution is 9.10. The molecule has 21 heavy (non-hydrogen) atoms. The van der Waals surface area contributed by atoms with E-state index in [1.807, 2.05) is 0 Å². The van der Waals surface area contributed by atoms with Crippen LogP contribution in [-0.2, 0) is 4.79 Å². The normalized spacial score (nSPS) is 10.8. The lowest BCUT2D eigenvalue weighted by atomic mass is 10.2. The molecule has 4 nitrogen and oxygen atoms in total. The molecule has 108 valence electrons. The van der Waals surface area contributed by atoms with Gasteiger partial charge in [-0.1, -0.05) is 33.6 Å². The van der Waals surface area contributed by atoms with Crippen LogP contribution in [0.5, 0.6) is 5.75 Å². The van der Waals surface area contributed by atoms with Gasteiger partial charge in [0.1, 0.15) is 5.75 Å². The number of carbonyl (C=O) groups excluding carboxylic acids is 1. The zero-order valence-electron chi connectivity index (χ0n) is 11.1. The predicted molar refractivity (Wildman–Crippen MR) is 88.8 cm³/mol. The molecule has 2 aromatic rings. The smallest absolute Gasteiger partial charge is 0.221 e. The Morgan fingerprint density at radius 1 is 1.38 bits per heavy atom. The monoisotopic (exact) mass is 366 g/mol. The van der Waals surface area contributed by atoms with E-state index >= 15 is 0 Å². The Kier molecular flexibility index (Phi) is 4.98. The molecule has 6 heteroatoms. The Morgan fingerprint density at radius 2 is 2.14 bits per heavy atom. The lowest BCUT2D eigenvalue weighted by molar-refractivity contribution is -0.114. The first-order chi connectivity index (χ1) is 9.95. The number of amides is 1. The van der Waals surface area contributed by atoms with Gasteiger partial charge in [0.25, 0.3) is 0 Å². The van der Waals surface area contributed by atoms with Gasteiger partial charge in [0.05, 0.1) is 10.7 Å². The second-order valence-corrected chi connectivity index (χ2v) is 5.64. The van der Waals surface area contributed by atoms with Gasteiger partial charge in [0.2, 0.25) is 5.91 Å². The van der Waals surface area contributed by atoms with Crippen molar-refractivity contribution in [2.45, 2.75) is 6.92 Å². The van der Waals surface area contributed by atoms with E-state index in [-0.39, 0.29) is 16.7 Å². The molecule has 0 aliphatic heterocycles. The van der Waals surface area contributed by atoms with E-state index in [1.54, 1.807) is 36.4 Å². The number of nitrogens with one attached hydrogen (secondary N) is 1. The average Bonchev–Trinajstić information content (AvgIpc) is 2.41. The molecule has 0 saturated carbocycles. The van der Waals surface area contributed by atoms with Gasteiger partial charge in [-0.05, 0) is 30.3 Å². The van der Waals surface area contributed by atoms with E-state index in [2.05, 4.69) is 26.2 Å². The molecule has 0 fully saturated rings. The van der Waals surface area contributed by atoms with Crippen LogP contribution in [-0.4, -0.2) is 17.2 Å². The van der Waals surface area contributed by atoms with Crippen molar-refractivity contribution in [3.05, 3.63) is 51.5 Å². The molecule has 2 aromatic carbocycles. The van der Waals surface area contributed by atoms with Gasteiger partial charge in [-0.3, -0.25) is 9.79 Å². The fraction of sp³-hybridized carbons (Fsp3) is 0.0667. The van der Waals surface area contributed by atoms with Crippen molar-refractivity contribution in [1.82, 2.24) is 0 Å². The molecule has 0 spiro atoms. The summed E-state index contributed by atoms with van der Waals surface area (Å²) in [5.74, 6) is -0.172. The van der Waals surface area contributed by atoms with Crippen molar-refractivity contribution in [3.63, 3.8) is 0 Å². The van der Waals surface area contributed by atoms with Crippen molar-refractivity contribution >= 4 is 51.0 Å². The molecule has 0 aliphatic carbocycles. The minimum absolute atomic E-state index is 0.0263. The minimum atomic E-state index is -0.146. The number of nitrogens with zero attached hydrogens (tertiary/aromatic N) is 1. The van der Waals surface area contributed by atoms with Crippen LogP contribution in [0.25, 0.3) is 0 Å². The molecule has 0 bridgehead atoms. The third-order valence-electron chi connectivity index (χ3n) is 2.58. The molecule has 2 N–H and O–H groups in total. The topological polar surface area (TPSA) is 61.7 Å². The van der Waals surface area contributed by atoms with Gasteiger partial charge in [-0.25, -0.2) is 0 Å². The Morgan fingerprint density at radius 3 is 2.86 bits per heavy atom. The van der Waals surface area contributed by atoms with Gasteiger partial charge in [-0.15, -0.1) is 0 Å². The van der Waals surface area contributed by atoms with Gasteiger partial charge >= 0.3 is 0 Å². The zero-order chi connectivity index (χ0) is 15.4. The fourth-order valence-corrected chi connectivity index (χ4v) is 2.53. The number of anilines is 1. The lowest BCUT2D eigenvalue weighted by Crippen LogP contribution is -2.05. The molecule has 0 heterocycles. The van der Waals surface area contributed by atoms with Crippen molar-refractivity contribution in [2.24, 2.45) is 4.99 Å². The van der Waals surface area contributed by atoms with Crippen molar-refractivity contribution in [3.8, 4) is 5.75 Å². The highest BCUT2D eigenvalue weighted by Gasteiger charge is 2.05. The number of aromatic hydroxyl groups is 1. The summed E-state index contributed by atoms with van der Waals surface area (Å²) in [6, 6.07) is 10.4. The highest BCUT2D eigenvalue weighted by Crippen LogP contribution is 2.30. The first-order valence-corrected chi connectivity index (χ1v) is 7.22. The Bertz CT molecular complexity index is 717. The number of halogens is 2. The molecule has 0 aliphatic rings. The number of rotatable bonds is 3. The van der Waals surface area contributed by atoms with Crippen LogP contribution >= 0.6 is 27.5 Å². The molecule has 0 unspecified atom stereocenters. The van der Waals surface area contributed by atoms with E-state index in [0.717, 1.165) is 4.47 Å². The number of phenols is 1. The van der Waals surface area contributed by atoms with Crippen LogP contribution < -0.4 is 5.32 Å². The first-order valence-electron chi connectivity index (χ1n) is 6.05. The lowest BCUT2D eigenvalue weighted by Gasteiger charge is -2.04. The molecule has 0 radical (unpaired) electrons. The SMILES string of the molecule is CC(=O)Nc1cccc(N=Cc2cc(Br)cc(Cl)c2O)c1. The maximum atomic E-state index is 11.0. The van der Waals surface area contributed by atoms with Gasteiger partial charge in [0.15, 0.2) is 0 Å². The third kappa shape index (κ3) is 4.31. The van der Waals surface area contributed by atoms with Crippen LogP contribution in [0.3, 0.4) is 0 Å². The van der Waals surface area contributed by atoms with E-state index in [9.17, 15) is 9.90 Å². The molecular weight excluding hydrogens is 356 g/mol. The molecule has 0 saturated heterocycles. The second-order valence-electron chi connectivity index (χ2n) is 4.32. The zero-order valence-corrected chi connectivity index (χ0v) is 13.4. The summed E-state index contributed by atoms with van der Waals surface area (Å²) in [6.07, 6.45) is 1.51. The number of benzene rings is 2. The fourth-order valence-electron chi connectivity index (χ4n) is 1.70. The molecule has 2 rings (SSSR count). The summed E-state index contributed by atoms with van der Waals surface area (Å²) in [7, 11) is 0. The number of phenolic OH excluding ortho intramolecular Hbond substituents is 1. The van der Waals surface area contributed by atoms with Crippen LogP contribution in [0.2, 0.25) is 5.02 Å². The van der Waals surface area contributed by atoms with Gasteiger partial charge in [0, 0.05) is 28.9 Å². The van der Waals surface area contributed by atoms with Crippen LogP contribution in [0.4, 0.5) is 11.4 Å².